The number of hydrogen-bond acceptors (Lipinski definition) is 7. The van der Waals surface area contributed by atoms with Crippen LogP contribution >= 0.6 is 11.6 Å². The van der Waals surface area contributed by atoms with Crippen molar-refractivity contribution in [3.63, 3.8) is 0 Å². The molecule has 1 fully saturated rings. The molecule has 0 bridgehead atoms. The van der Waals surface area contributed by atoms with Gasteiger partial charge in [0.15, 0.2) is 11.8 Å². The molecule has 5 rings (SSSR count). The van der Waals surface area contributed by atoms with Gasteiger partial charge in [0.05, 0.1) is 29.4 Å². The molecule has 2 aromatic carbocycles. The molecule has 3 unspecified atom stereocenters. The highest BCUT2D eigenvalue weighted by Crippen LogP contribution is 2.31. The molecule has 9 heteroatoms. The molecule has 0 radical (unpaired) electrons. The molecule has 0 aliphatic carbocycles. The molecule has 170 valence electrons. The zero-order chi connectivity index (χ0) is 22.9. The number of ether oxygens (including phenoxy) is 2. The Kier molecular flexibility index (Phi) is 6.01. The first-order valence-corrected chi connectivity index (χ1v) is 10.9. The monoisotopic (exact) mass is 467 g/mol. The fourth-order valence-electron chi connectivity index (χ4n) is 3.87. The lowest BCUT2D eigenvalue weighted by molar-refractivity contribution is -0.189. The molecule has 8 nitrogen and oxygen atoms in total. The van der Waals surface area contributed by atoms with Gasteiger partial charge < -0.3 is 29.8 Å². The molecule has 4 atom stereocenters. The molecule has 1 aliphatic rings. The van der Waals surface area contributed by atoms with Crippen molar-refractivity contribution >= 4 is 22.8 Å². The van der Waals surface area contributed by atoms with Crippen molar-refractivity contribution < 1.29 is 24.8 Å². The van der Waals surface area contributed by atoms with E-state index in [9.17, 15) is 15.3 Å². The van der Waals surface area contributed by atoms with Gasteiger partial charge in [0.25, 0.3) is 6.01 Å². The molecule has 1 aliphatic heterocycles. The molecule has 33 heavy (non-hydrogen) atoms. The van der Waals surface area contributed by atoms with Crippen molar-refractivity contribution in [1.29, 1.82) is 0 Å². The number of H-pyrrole nitrogens is 1. The van der Waals surface area contributed by atoms with Crippen molar-refractivity contribution in [2.75, 3.05) is 13.2 Å². The van der Waals surface area contributed by atoms with Crippen LogP contribution in [0.15, 0.2) is 60.7 Å². The van der Waals surface area contributed by atoms with Crippen molar-refractivity contribution in [1.82, 2.24) is 15.0 Å². The second-order valence-electron chi connectivity index (χ2n) is 7.87. The first-order chi connectivity index (χ1) is 16.0. The topological polar surface area (TPSA) is 121 Å². The van der Waals surface area contributed by atoms with Gasteiger partial charge in [-0.1, -0.05) is 66.2 Å². The van der Waals surface area contributed by atoms with Crippen LogP contribution in [0.3, 0.4) is 0 Å². The summed E-state index contributed by atoms with van der Waals surface area (Å²) in [5.41, 5.74) is 4.62. The number of benzene rings is 2. The highest BCUT2D eigenvalue weighted by Gasteiger charge is 2.39. The quantitative estimate of drug-likeness (QED) is 0.356. The Bertz CT molecular complexity index is 1250. The standard InChI is InChI=1S/C24H22ClN3O5/c25-16-10-17-23(28-24(26-17)33-19-12-32-18(11-29)21(30)22(19)31)27-20(16)15-8-6-14(7-9-15)13-4-2-1-3-5-13/h1-10,18-19,21-22,29-31H,11-12H2,(H,26,27,28)/t18-,19?,21?,22?/m0/s1. The van der Waals surface area contributed by atoms with Gasteiger partial charge in [-0.3, -0.25) is 0 Å². The maximum atomic E-state index is 10.3. The van der Waals surface area contributed by atoms with Gasteiger partial charge in [0.1, 0.15) is 18.3 Å². The van der Waals surface area contributed by atoms with Gasteiger partial charge in [-0.25, -0.2) is 4.98 Å². The lowest BCUT2D eigenvalue weighted by Gasteiger charge is -2.36. The number of pyridine rings is 1. The highest BCUT2D eigenvalue weighted by molar-refractivity contribution is 6.33. The molecule has 4 N–H and O–H groups in total. The number of imidazole rings is 1. The van der Waals surface area contributed by atoms with Crippen molar-refractivity contribution in [3.8, 4) is 28.4 Å². The van der Waals surface area contributed by atoms with Gasteiger partial charge in [-0.05, 0) is 17.2 Å². The van der Waals surface area contributed by atoms with Gasteiger partial charge in [0, 0.05) is 5.56 Å². The number of rotatable bonds is 5. The Morgan fingerprint density at radius 2 is 1.67 bits per heavy atom. The Morgan fingerprint density at radius 3 is 2.39 bits per heavy atom. The molecule has 1 saturated heterocycles. The van der Waals surface area contributed by atoms with Gasteiger partial charge >= 0.3 is 0 Å². The van der Waals surface area contributed by atoms with E-state index in [1.54, 1.807) is 6.07 Å². The van der Waals surface area contributed by atoms with E-state index in [2.05, 4.69) is 27.1 Å². The largest absolute Gasteiger partial charge is 0.456 e. The predicted molar refractivity (Wildman–Crippen MR) is 123 cm³/mol. The third-order valence-electron chi connectivity index (χ3n) is 5.70. The van der Waals surface area contributed by atoms with Crippen molar-refractivity contribution in [3.05, 3.63) is 65.7 Å². The van der Waals surface area contributed by atoms with Crippen molar-refractivity contribution in [2.24, 2.45) is 0 Å². The lowest BCUT2D eigenvalue weighted by atomic mass is 10.0. The second-order valence-corrected chi connectivity index (χ2v) is 8.27. The normalized spacial score (nSPS) is 23.0. The number of hydrogen-bond donors (Lipinski definition) is 4. The SMILES string of the molecule is OC[C@@H]1OCC(Oc2nc3nc(-c4ccc(-c5ccccc5)cc4)c(Cl)cc3[nH]2)C(O)C1O. The molecular formula is C24H22ClN3O5. The smallest absolute Gasteiger partial charge is 0.296 e. The van der Waals surface area contributed by atoms with E-state index in [1.165, 1.54) is 0 Å². The molecule has 0 amide bonds. The Labute approximate surface area is 194 Å². The third kappa shape index (κ3) is 4.31. The maximum absolute atomic E-state index is 10.3. The van der Waals surface area contributed by atoms with Crippen LogP contribution < -0.4 is 4.74 Å². The van der Waals surface area contributed by atoms with Crippen LogP contribution in [0.1, 0.15) is 0 Å². The van der Waals surface area contributed by atoms with Crippen LogP contribution in [0, 0.1) is 0 Å². The minimum absolute atomic E-state index is 0.00625. The average Bonchev–Trinajstić information content (AvgIpc) is 3.23. The zero-order valence-electron chi connectivity index (χ0n) is 17.4. The van der Waals surface area contributed by atoms with E-state index in [0.29, 0.717) is 21.9 Å². The number of aromatic nitrogens is 3. The number of nitrogens with zero attached hydrogens (tertiary/aromatic N) is 2. The molecular weight excluding hydrogens is 446 g/mol. The van der Waals surface area contributed by atoms with Crippen LogP contribution in [0.25, 0.3) is 33.5 Å². The summed E-state index contributed by atoms with van der Waals surface area (Å²) >= 11 is 6.50. The average molecular weight is 468 g/mol. The van der Waals surface area contributed by atoms with E-state index < -0.39 is 31.0 Å². The van der Waals surface area contributed by atoms with E-state index in [-0.39, 0.29) is 12.6 Å². The van der Waals surface area contributed by atoms with E-state index in [4.69, 9.17) is 21.1 Å². The maximum Gasteiger partial charge on any atom is 0.296 e. The molecule has 3 heterocycles. The van der Waals surface area contributed by atoms with Crippen LogP contribution in [-0.4, -0.2) is 67.9 Å². The number of aliphatic hydroxyl groups excluding tert-OH is 3. The van der Waals surface area contributed by atoms with Crippen LogP contribution in [0.2, 0.25) is 5.02 Å². The van der Waals surface area contributed by atoms with Crippen LogP contribution in [-0.2, 0) is 4.74 Å². The van der Waals surface area contributed by atoms with Crippen LogP contribution in [0.5, 0.6) is 6.01 Å². The number of nitrogens with one attached hydrogen (secondary N) is 1. The first-order valence-electron chi connectivity index (χ1n) is 10.5. The number of fused-ring (bicyclic) bond motifs is 1. The highest BCUT2D eigenvalue weighted by atomic mass is 35.5. The molecule has 0 saturated carbocycles. The number of aliphatic hydroxyl groups is 3. The summed E-state index contributed by atoms with van der Waals surface area (Å²) < 4.78 is 11.0. The Hall–Kier alpha value is -3.01. The first kappa shape index (κ1) is 21.8. The third-order valence-corrected chi connectivity index (χ3v) is 5.99. The van der Waals surface area contributed by atoms with Crippen LogP contribution in [0.4, 0.5) is 0 Å². The van der Waals surface area contributed by atoms with Crippen molar-refractivity contribution in [2.45, 2.75) is 24.4 Å². The van der Waals surface area contributed by atoms with Gasteiger partial charge in [-0.15, -0.1) is 0 Å². The molecule has 0 spiro atoms. The Balaban J connectivity index is 1.38. The number of aromatic amines is 1. The molecule has 2 aromatic heterocycles. The fraction of sp³-hybridized carbons (Fsp3) is 0.250. The number of halogens is 1. The summed E-state index contributed by atoms with van der Waals surface area (Å²) in [5.74, 6) is 0. The van der Waals surface area contributed by atoms with Gasteiger partial charge in [-0.2, -0.15) is 4.98 Å². The zero-order valence-corrected chi connectivity index (χ0v) is 18.2. The van der Waals surface area contributed by atoms with E-state index >= 15 is 0 Å². The second kappa shape index (κ2) is 9.09. The van der Waals surface area contributed by atoms with Gasteiger partial charge in [0.2, 0.25) is 0 Å². The minimum atomic E-state index is -1.27. The Morgan fingerprint density at radius 1 is 0.970 bits per heavy atom. The summed E-state index contributed by atoms with van der Waals surface area (Å²) in [7, 11) is 0. The molecule has 4 aromatic rings. The lowest BCUT2D eigenvalue weighted by Crippen LogP contribution is -2.56. The summed E-state index contributed by atoms with van der Waals surface area (Å²) in [5, 5.41) is 30.0. The fourth-order valence-corrected chi connectivity index (χ4v) is 4.13. The summed E-state index contributed by atoms with van der Waals surface area (Å²) in [6, 6.07) is 19.9. The predicted octanol–water partition coefficient (Wildman–Crippen LogP) is 2.81. The minimum Gasteiger partial charge on any atom is -0.456 e. The summed E-state index contributed by atoms with van der Waals surface area (Å²) in [6.45, 7) is -0.402. The van der Waals surface area contributed by atoms with E-state index in [1.807, 2.05) is 42.5 Å². The van der Waals surface area contributed by atoms with E-state index in [0.717, 1.165) is 16.7 Å². The summed E-state index contributed by atoms with van der Waals surface area (Å²) in [4.78, 5) is 11.9. The summed E-state index contributed by atoms with van der Waals surface area (Å²) in [6.07, 6.45) is -4.22.